The second kappa shape index (κ2) is 11.1. The summed E-state index contributed by atoms with van der Waals surface area (Å²) in [7, 11) is 0. The zero-order valence-corrected chi connectivity index (χ0v) is 16.4. The molecule has 2 aromatic rings. The first-order valence-corrected chi connectivity index (χ1v) is 9.77. The third kappa shape index (κ3) is 8.04. The molecule has 6 nitrogen and oxygen atoms in total. The summed E-state index contributed by atoms with van der Waals surface area (Å²) in [5, 5.41) is 18.8. The number of nitrogens with zero attached hydrogens (tertiary/aromatic N) is 1. The van der Waals surface area contributed by atoms with E-state index in [9.17, 15) is 9.90 Å². The molecule has 1 unspecified atom stereocenters. The molecule has 0 aromatic heterocycles. The molecule has 0 radical (unpaired) electrons. The van der Waals surface area contributed by atoms with Crippen molar-refractivity contribution in [2.24, 2.45) is 4.99 Å². The van der Waals surface area contributed by atoms with Gasteiger partial charge in [-0.25, -0.2) is 4.99 Å². The Kier molecular flexibility index (Phi) is 8.51. The summed E-state index contributed by atoms with van der Waals surface area (Å²) in [6.45, 7) is 5.58. The minimum atomic E-state index is -0.218. The summed E-state index contributed by atoms with van der Waals surface area (Å²) in [4.78, 5) is 17.6. The Labute approximate surface area is 164 Å². The monoisotopic (exact) mass is 386 g/mol. The van der Waals surface area contributed by atoms with Crippen molar-refractivity contribution in [1.29, 1.82) is 0 Å². The van der Waals surface area contributed by atoms with Gasteiger partial charge in [-0.1, -0.05) is 25.1 Å². The summed E-state index contributed by atoms with van der Waals surface area (Å²) >= 11 is 1.79. The van der Waals surface area contributed by atoms with Crippen LogP contribution in [-0.4, -0.2) is 41.9 Å². The van der Waals surface area contributed by atoms with Crippen molar-refractivity contribution in [3.05, 3.63) is 54.6 Å². The molecular weight excluding hydrogens is 360 g/mol. The number of hydrogen-bond acceptors (Lipinski definition) is 4. The zero-order chi connectivity index (χ0) is 19.5. The second-order valence-corrected chi connectivity index (χ2v) is 7.42. The normalized spacial score (nSPS) is 12.3. The number of guanidine groups is 1. The van der Waals surface area contributed by atoms with E-state index in [4.69, 9.17) is 0 Å². The Hall–Kier alpha value is -2.67. The molecule has 4 N–H and O–H groups in total. The van der Waals surface area contributed by atoms with Crippen molar-refractivity contribution >= 4 is 29.3 Å². The number of hydrogen-bond donors (Lipinski definition) is 4. The van der Waals surface area contributed by atoms with Crippen molar-refractivity contribution < 1.29 is 9.90 Å². The number of nitrogens with one attached hydrogen (secondary N) is 3. The molecule has 0 spiro atoms. The predicted molar refractivity (Wildman–Crippen MR) is 112 cm³/mol. The third-order valence-corrected chi connectivity index (χ3v) is 4.63. The fourth-order valence-electron chi connectivity index (χ4n) is 2.25. The van der Waals surface area contributed by atoms with Crippen LogP contribution in [0.3, 0.4) is 0 Å². The maximum absolute atomic E-state index is 12.0. The molecule has 2 rings (SSSR count). The molecule has 7 heteroatoms. The number of aromatic hydroxyl groups is 1. The lowest BCUT2D eigenvalue weighted by Gasteiger charge is -2.15. The number of phenolic OH excluding ortho intramolecular Hbond substituents is 1. The summed E-state index contributed by atoms with van der Waals surface area (Å²) in [6.07, 6.45) is 0. The van der Waals surface area contributed by atoms with E-state index in [-0.39, 0.29) is 18.2 Å². The number of anilines is 1. The highest BCUT2D eigenvalue weighted by Gasteiger charge is 2.07. The first-order valence-electron chi connectivity index (χ1n) is 8.89. The van der Waals surface area contributed by atoms with Gasteiger partial charge in [-0.05, 0) is 43.3 Å². The number of phenols is 1. The number of thioether (sulfide) groups is 1. The van der Waals surface area contributed by atoms with Gasteiger partial charge >= 0.3 is 0 Å². The third-order valence-electron chi connectivity index (χ3n) is 3.51. The van der Waals surface area contributed by atoms with Gasteiger partial charge in [0.2, 0.25) is 5.91 Å². The zero-order valence-electron chi connectivity index (χ0n) is 15.6. The largest absolute Gasteiger partial charge is 0.508 e. The van der Waals surface area contributed by atoms with Crippen LogP contribution in [0.15, 0.2) is 64.5 Å². The lowest BCUT2D eigenvalue weighted by atomic mass is 10.3. The van der Waals surface area contributed by atoms with E-state index in [1.807, 2.05) is 25.1 Å². The van der Waals surface area contributed by atoms with E-state index in [0.29, 0.717) is 23.4 Å². The number of amides is 1. The Bertz CT molecular complexity index is 735. The van der Waals surface area contributed by atoms with Crippen molar-refractivity contribution in [3.8, 4) is 5.75 Å². The fraction of sp³-hybridized carbons (Fsp3) is 0.300. The summed E-state index contributed by atoms with van der Waals surface area (Å²) in [5.74, 6) is 0.551. The lowest BCUT2D eigenvalue weighted by Crippen LogP contribution is -2.40. The van der Waals surface area contributed by atoms with Gasteiger partial charge in [-0.3, -0.25) is 4.79 Å². The highest BCUT2D eigenvalue weighted by molar-refractivity contribution is 8.00. The van der Waals surface area contributed by atoms with Gasteiger partial charge < -0.3 is 21.1 Å². The van der Waals surface area contributed by atoms with E-state index < -0.39 is 0 Å². The molecule has 1 atom stereocenters. The maximum atomic E-state index is 12.0. The number of carbonyl (C=O) groups excluding carboxylic acids is 1. The van der Waals surface area contributed by atoms with Gasteiger partial charge in [0.25, 0.3) is 0 Å². The van der Waals surface area contributed by atoms with Gasteiger partial charge in [-0.15, -0.1) is 11.8 Å². The SMILES string of the molecule is CCNC(=NCC(=O)Nc1ccc(O)cc1)NCC(C)Sc1ccccc1. The van der Waals surface area contributed by atoms with E-state index in [1.54, 1.807) is 23.9 Å². The quantitative estimate of drug-likeness (QED) is 0.242. The molecule has 0 heterocycles. The van der Waals surface area contributed by atoms with Gasteiger partial charge in [-0.2, -0.15) is 0 Å². The molecular formula is C20H26N4O2S. The highest BCUT2D eigenvalue weighted by atomic mass is 32.2. The van der Waals surface area contributed by atoms with Crippen LogP contribution in [0.1, 0.15) is 13.8 Å². The maximum Gasteiger partial charge on any atom is 0.246 e. The lowest BCUT2D eigenvalue weighted by molar-refractivity contribution is -0.114. The molecule has 144 valence electrons. The minimum absolute atomic E-state index is 0.0103. The molecule has 0 saturated heterocycles. The van der Waals surface area contributed by atoms with E-state index in [2.05, 4.69) is 40.0 Å². The number of benzene rings is 2. The molecule has 0 aliphatic rings. The first-order chi connectivity index (χ1) is 13.1. The highest BCUT2D eigenvalue weighted by Crippen LogP contribution is 2.21. The van der Waals surface area contributed by atoms with Gasteiger partial charge in [0.15, 0.2) is 5.96 Å². The summed E-state index contributed by atoms with van der Waals surface area (Å²) < 4.78 is 0. The van der Waals surface area contributed by atoms with Crippen molar-refractivity contribution in [3.63, 3.8) is 0 Å². The van der Waals surface area contributed by atoms with Gasteiger partial charge in [0.1, 0.15) is 12.3 Å². The van der Waals surface area contributed by atoms with Crippen LogP contribution in [0.2, 0.25) is 0 Å². The van der Waals surface area contributed by atoms with Crippen LogP contribution in [0.4, 0.5) is 5.69 Å². The average molecular weight is 387 g/mol. The summed E-state index contributed by atoms with van der Waals surface area (Å²) in [5.41, 5.74) is 0.624. The van der Waals surface area contributed by atoms with Gasteiger partial charge in [0, 0.05) is 28.9 Å². The number of carbonyl (C=O) groups is 1. The van der Waals surface area contributed by atoms with E-state index in [0.717, 1.165) is 6.54 Å². The molecule has 0 bridgehead atoms. The van der Waals surface area contributed by atoms with Gasteiger partial charge in [0.05, 0.1) is 0 Å². The second-order valence-electron chi connectivity index (χ2n) is 5.91. The number of aliphatic imine (C=N–C) groups is 1. The van der Waals surface area contributed by atoms with Crippen LogP contribution < -0.4 is 16.0 Å². The van der Waals surface area contributed by atoms with Crippen LogP contribution in [0.25, 0.3) is 0 Å². The molecule has 27 heavy (non-hydrogen) atoms. The predicted octanol–water partition coefficient (Wildman–Crippen LogP) is 3.07. The van der Waals surface area contributed by atoms with E-state index in [1.165, 1.54) is 17.0 Å². The molecule has 0 aliphatic carbocycles. The Morgan fingerprint density at radius 3 is 2.48 bits per heavy atom. The Balaban J connectivity index is 1.81. The molecule has 1 amide bonds. The summed E-state index contributed by atoms with van der Waals surface area (Å²) in [6, 6.07) is 16.6. The molecule has 2 aromatic carbocycles. The van der Waals surface area contributed by atoms with Crippen LogP contribution in [-0.2, 0) is 4.79 Å². The van der Waals surface area contributed by atoms with Crippen molar-refractivity contribution in [1.82, 2.24) is 10.6 Å². The van der Waals surface area contributed by atoms with Crippen molar-refractivity contribution in [2.75, 3.05) is 25.0 Å². The molecule has 0 saturated carbocycles. The Morgan fingerprint density at radius 2 is 1.81 bits per heavy atom. The topological polar surface area (TPSA) is 85.8 Å². The molecule has 0 aliphatic heterocycles. The fourth-order valence-corrected chi connectivity index (χ4v) is 3.20. The minimum Gasteiger partial charge on any atom is -0.508 e. The van der Waals surface area contributed by atoms with Crippen LogP contribution in [0, 0.1) is 0 Å². The van der Waals surface area contributed by atoms with Crippen molar-refractivity contribution in [2.45, 2.75) is 24.0 Å². The number of rotatable bonds is 8. The first kappa shape index (κ1) is 20.6. The smallest absolute Gasteiger partial charge is 0.246 e. The van der Waals surface area contributed by atoms with Crippen LogP contribution >= 0.6 is 11.8 Å². The van der Waals surface area contributed by atoms with Crippen LogP contribution in [0.5, 0.6) is 5.75 Å². The standard InChI is InChI=1S/C20H26N4O2S/c1-3-21-20(22-13-15(2)27-18-7-5-4-6-8-18)23-14-19(26)24-16-9-11-17(25)12-10-16/h4-12,15,25H,3,13-14H2,1-2H3,(H,24,26)(H2,21,22,23). The average Bonchev–Trinajstić information content (AvgIpc) is 2.66. The molecule has 0 fully saturated rings. The van der Waals surface area contributed by atoms with E-state index >= 15 is 0 Å². The Morgan fingerprint density at radius 1 is 1.11 bits per heavy atom.